The lowest BCUT2D eigenvalue weighted by atomic mass is 9.74. The molecular weight excluding hydrogens is 581 g/mol. The second kappa shape index (κ2) is 12.9. The van der Waals surface area contributed by atoms with Crippen LogP contribution in [-0.4, -0.2) is 61.2 Å². The van der Waals surface area contributed by atoms with Crippen molar-refractivity contribution < 1.29 is 18.6 Å². The Bertz CT molecular complexity index is 1360. The summed E-state index contributed by atoms with van der Waals surface area (Å²) in [6, 6.07) is 20.7. The Morgan fingerprint density at radius 3 is 2.46 bits per heavy atom. The minimum Gasteiger partial charge on any atom is -0.481 e. The van der Waals surface area contributed by atoms with Gasteiger partial charge in [0.25, 0.3) is 0 Å². The molecule has 220 valence electrons. The van der Waals surface area contributed by atoms with Crippen molar-refractivity contribution in [1.29, 1.82) is 0 Å². The number of benzene rings is 2. The maximum Gasteiger partial charge on any atom is 0.226 e. The van der Waals surface area contributed by atoms with E-state index in [4.69, 9.17) is 27.9 Å². The van der Waals surface area contributed by atoms with Gasteiger partial charge >= 0.3 is 0 Å². The highest BCUT2D eigenvalue weighted by Gasteiger charge is 2.46. The highest BCUT2D eigenvalue weighted by atomic mass is 35.5. The van der Waals surface area contributed by atoms with Crippen molar-refractivity contribution in [3.8, 4) is 5.88 Å². The van der Waals surface area contributed by atoms with Gasteiger partial charge in [0.05, 0.1) is 18.9 Å². The molecule has 4 atom stereocenters. The van der Waals surface area contributed by atoms with Crippen LogP contribution in [-0.2, 0) is 11.2 Å². The van der Waals surface area contributed by atoms with E-state index in [1.54, 1.807) is 17.5 Å². The molecule has 1 amide bonds. The molecule has 10 heteroatoms. The Kier molecular flexibility index (Phi) is 9.48. The Hall–Kier alpha value is -2.33. The van der Waals surface area contributed by atoms with Crippen molar-refractivity contribution in [3.63, 3.8) is 0 Å². The third-order valence-electron chi connectivity index (χ3n) is 8.28. The molecule has 3 heterocycles. The molecule has 0 unspecified atom stereocenters. The van der Waals surface area contributed by atoms with Crippen LogP contribution < -0.4 is 4.74 Å². The van der Waals surface area contributed by atoms with Crippen molar-refractivity contribution in [1.82, 2.24) is 14.2 Å². The fourth-order valence-electron chi connectivity index (χ4n) is 6.27. The maximum atomic E-state index is 14.6. The highest BCUT2D eigenvalue weighted by molar-refractivity contribution is 8.22. The SMILES string of the molecule is CC[C@@H](CN1CCCS1(O)O)N1C(=O)[C@@H](Cc2cccc(OC)n2)C[C@H](c2cccc(Cl)c2)[C@H]1c1ccc(Cl)cc1. The van der Waals surface area contributed by atoms with Gasteiger partial charge in [-0.15, -0.1) is 10.8 Å². The van der Waals surface area contributed by atoms with E-state index >= 15 is 0 Å². The number of likely N-dealkylation sites (tertiary alicyclic amines) is 1. The summed E-state index contributed by atoms with van der Waals surface area (Å²) in [4.78, 5) is 21.2. The van der Waals surface area contributed by atoms with Gasteiger partial charge in [-0.25, -0.2) is 9.29 Å². The summed E-state index contributed by atoms with van der Waals surface area (Å²) in [6.45, 7) is 3.04. The standard InChI is InChI=1S/C31H37Cl2N3O4S/c1-3-27(20-35-15-6-16-41(35,38)39)36-30(21-11-13-24(32)14-12-21)28(22-7-4-8-25(33)17-22)19-23(31(36)37)18-26-9-5-10-29(34-26)40-2/h4-5,7-14,17,23,27-28,30,38-39H,3,6,15-16,18-20H2,1-2H3/t23-,27-,28+,30+/m0/s1. The van der Waals surface area contributed by atoms with Crippen LogP contribution in [0.5, 0.6) is 5.88 Å². The molecule has 2 aliphatic heterocycles. The molecule has 0 bridgehead atoms. The molecule has 2 fully saturated rings. The van der Waals surface area contributed by atoms with Gasteiger partial charge in [0.2, 0.25) is 11.8 Å². The third-order valence-corrected chi connectivity index (χ3v) is 10.8. The fourth-order valence-corrected chi connectivity index (χ4v) is 8.20. The van der Waals surface area contributed by atoms with Crippen molar-refractivity contribution in [3.05, 3.63) is 93.6 Å². The van der Waals surface area contributed by atoms with Crippen LogP contribution in [0.1, 0.15) is 55.0 Å². The molecule has 0 radical (unpaired) electrons. The Morgan fingerprint density at radius 2 is 1.80 bits per heavy atom. The summed E-state index contributed by atoms with van der Waals surface area (Å²) in [7, 11) is -1.26. The van der Waals surface area contributed by atoms with Crippen LogP contribution in [0, 0.1) is 5.92 Å². The smallest absolute Gasteiger partial charge is 0.226 e. The number of methoxy groups -OCH3 is 1. The summed E-state index contributed by atoms with van der Waals surface area (Å²) in [5.74, 6) is 0.521. The lowest BCUT2D eigenvalue weighted by Crippen LogP contribution is -2.54. The Labute approximate surface area is 253 Å². The molecule has 3 aromatic rings. The second-order valence-corrected chi connectivity index (χ2v) is 13.9. The number of hydrogen-bond donors (Lipinski definition) is 2. The number of ether oxygens (including phenoxy) is 1. The number of hydrogen-bond acceptors (Lipinski definition) is 6. The second-order valence-electron chi connectivity index (χ2n) is 10.9. The number of carbonyl (C=O) groups is 1. The van der Waals surface area contributed by atoms with E-state index < -0.39 is 10.8 Å². The van der Waals surface area contributed by atoms with Crippen LogP contribution >= 0.6 is 34.0 Å². The molecule has 5 rings (SSSR count). The number of nitrogens with zero attached hydrogens (tertiary/aromatic N) is 3. The van der Waals surface area contributed by atoms with Crippen molar-refractivity contribution >= 4 is 39.9 Å². The van der Waals surface area contributed by atoms with Gasteiger partial charge in [-0.3, -0.25) is 13.9 Å². The van der Waals surface area contributed by atoms with E-state index in [0.717, 1.165) is 23.2 Å². The molecule has 0 saturated carbocycles. The summed E-state index contributed by atoms with van der Waals surface area (Å²) in [5, 5.41) is 1.27. The van der Waals surface area contributed by atoms with Crippen molar-refractivity contribution in [2.24, 2.45) is 5.92 Å². The van der Waals surface area contributed by atoms with Gasteiger partial charge < -0.3 is 9.64 Å². The number of carbonyl (C=O) groups excluding carboxylic acids is 1. The number of amides is 1. The minimum absolute atomic E-state index is 0.0374. The number of piperidine rings is 1. The van der Waals surface area contributed by atoms with Crippen molar-refractivity contribution in [2.45, 2.75) is 50.6 Å². The van der Waals surface area contributed by atoms with Crippen LogP contribution in [0.3, 0.4) is 0 Å². The summed E-state index contributed by atoms with van der Waals surface area (Å²) in [5.41, 5.74) is 2.83. The molecule has 1 aromatic heterocycles. The molecule has 2 saturated heterocycles. The molecule has 7 nitrogen and oxygen atoms in total. The first kappa shape index (κ1) is 30.1. The molecule has 41 heavy (non-hydrogen) atoms. The molecule has 2 aromatic carbocycles. The fraction of sp³-hybridized carbons (Fsp3) is 0.419. The first-order chi connectivity index (χ1) is 19.7. The topological polar surface area (TPSA) is 86.1 Å². The van der Waals surface area contributed by atoms with E-state index in [-0.39, 0.29) is 29.8 Å². The average Bonchev–Trinajstić information content (AvgIpc) is 3.30. The average molecular weight is 619 g/mol. The van der Waals surface area contributed by atoms with E-state index in [9.17, 15) is 13.9 Å². The van der Waals surface area contributed by atoms with Crippen LogP contribution in [0.15, 0.2) is 66.7 Å². The Morgan fingerprint density at radius 1 is 1.05 bits per heavy atom. The largest absolute Gasteiger partial charge is 0.481 e. The van der Waals surface area contributed by atoms with E-state index in [1.165, 1.54) is 0 Å². The lowest BCUT2D eigenvalue weighted by Gasteiger charge is -2.50. The number of rotatable bonds is 9. The van der Waals surface area contributed by atoms with Gasteiger partial charge in [-0.1, -0.05) is 60.5 Å². The van der Waals surface area contributed by atoms with Crippen LogP contribution in [0.2, 0.25) is 10.0 Å². The molecular formula is C31H37Cl2N3O4S. The zero-order valence-electron chi connectivity index (χ0n) is 23.3. The zero-order valence-corrected chi connectivity index (χ0v) is 25.7. The monoisotopic (exact) mass is 617 g/mol. The van der Waals surface area contributed by atoms with Gasteiger partial charge in [-0.2, -0.15) is 0 Å². The minimum atomic E-state index is -2.84. The molecule has 2 N–H and O–H groups in total. The number of pyridine rings is 1. The molecule has 0 spiro atoms. The van der Waals surface area contributed by atoms with Crippen LogP contribution in [0.25, 0.3) is 0 Å². The van der Waals surface area contributed by atoms with Crippen molar-refractivity contribution in [2.75, 3.05) is 26.0 Å². The molecule has 2 aliphatic rings. The number of aromatic nitrogens is 1. The zero-order chi connectivity index (χ0) is 29.1. The number of halogens is 2. The quantitative estimate of drug-likeness (QED) is 0.259. The predicted octanol–water partition coefficient (Wildman–Crippen LogP) is 7.46. The Balaban J connectivity index is 1.60. The van der Waals surface area contributed by atoms with Gasteiger partial charge in [0, 0.05) is 59.2 Å². The van der Waals surface area contributed by atoms with Gasteiger partial charge in [0.1, 0.15) is 0 Å². The van der Waals surface area contributed by atoms with E-state index in [1.807, 2.05) is 59.5 Å². The van der Waals surface area contributed by atoms with E-state index in [0.29, 0.717) is 54.0 Å². The highest BCUT2D eigenvalue weighted by Crippen LogP contribution is 2.51. The van der Waals surface area contributed by atoms with E-state index in [2.05, 4.69) is 18.0 Å². The maximum absolute atomic E-state index is 14.6. The predicted molar refractivity (Wildman–Crippen MR) is 166 cm³/mol. The normalized spacial score (nSPS) is 24.3. The van der Waals surface area contributed by atoms with Crippen LogP contribution in [0.4, 0.5) is 0 Å². The summed E-state index contributed by atoms with van der Waals surface area (Å²) in [6.07, 6.45) is 2.46. The third kappa shape index (κ3) is 6.69. The van der Waals surface area contributed by atoms with Gasteiger partial charge in [0.15, 0.2) is 0 Å². The lowest BCUT2D eigenvalue weighted by molar-refractivity contribution is -0.147. The first-order valence-electron chi connectivity index (χ1n) is 14.0. The summed E-state index contributed by atoms with van der Waals surface area (Å²) < 4.78 is 28.6. The summed E-state index contributed by atoms with van der Waals surface area (Å²) >= 11 is 12.8. The first-order valence-corrected chi connectivity index (χ1v) is 16.5. The van der Waals surface area contributed by atoms with Gasteiger partial charge in [-0.05, 0) is 60.7 Å². The molecule has 0 aliphatic carbocycles.